The van der Waals surface area contributed by atoms with Crippen LogP contribution in [0, 0.1) is 0 Å². The van der Waals surface area contributed by atoms with Crippen LogP contribution in [0.4, 0.5) is 23.7 Å². The molecular formula is C16H15F3N2O2. The van der Waals surface area contributed by atoms with Crippen LogP contribution in [0.5, 0.6) is 5.75 Å². The Morgan fingerprint density at radius 3 is 2.22 bits per heavy atom. The van der Waals surface area contributed by atoms with Gasteiger partial charge in [-0.2, -0.15) is 0 Å². The fraction of sp³-hybridized carbons (Fsp3) is 0.188. The Bertz CT molecular complexity index is 643. The average molecular weight is 324 g/mol. The number of ether oxygens (including phenoxy) is 1. The van der Waals surface area contributed by atoms with E-state index in [-0.39, 0.29) is 11.8 Å². The largest absolute Gasteiger partial charge is 0.573 e. The number of hydrogen-bond acceptors (Lipinski definition) is 2. The highest BCUT2D eigenvalue weighted by molar-refractivity contribution is 5.89. The molecule has 2 rings (SSSR count). The lowest BCUT2D eigenvalue weighted by Crippen LogP contribution is -2.31. The summed E-state index contributed by atoms with van der Waals surface area (Å²) in [6, 6.07) is 13.5. The Labute approximate surface area is 131 Å². The minimum absolute atomic E-state index is 0.304. The first-order valence-electron chi connectivity index (χ1n) is 6.82. The molecule has 0 bridgehead atoms. The molecule has 0 aliphatic rings. The van der Waals surface area contributed by atoms with Crippen LogP contribution < -0.4 is 15.4 Å². The predicted octanol–water partition coefficient (Wildman–Crippen LogP) is 4.47. The van der Waals surface area contributed by atoms with Crippen LogP contribution in [0.1, 0.15) is 18.5 Å². The summed E-state index contributed by atoms with van der Waals surface area (Å²) in [5.74, 6) is -0.304. The van der Waals surface area contributed by atoms with Gasteiger partial charge in [0.25, 0.3) is 0 Å². The number of amides is 2. The van der Waals surface area contributed by atoms with Crippen molar-refractivity contribution in [3.05, 3.63) is 60.2 Å². The van der Waals surface area contributed by atoms with Crippen molar-refractivity contribution in [2.24, 2.45) is 0 Å². The lowest BCUT2D eigenvalue weighted by molar-refractivity contribution is -0.274. The molecule has 4 nitrogen and oxygen atoms in total. The Balaban J connectivity index is 1.92. The number of nitrogens with one attached hydrogen (secondary N) is 2. The molecule has 1 atom stereocenters. The van der Waals surface area contributed by atoms with Crippen molar-refractivity contribution in [3.63, 3.8) is 0 Å². The van der Waals surface area contributed by atoms with Gasteiger partial charge in [0.15, 0.2) is 0 Å². The van der Waals surface area contributed by atoms with Crippen molar-refractivity contribution < 1.29 is 22.7 Å². The maximum Gasteiger partial charge on any atom is 0.573 e. The van der Waals surface area contributed by atoms with E-state index in [0.29, 0.717) is 11.3 Å². The Hall–Kier alpha value is -2.70. The van der Waals surface area contributed by atoms with Crippen LogP contribution in [0.15, 0.2) is 54.6 Å². The van der Waals surface area contributed by atoms with E-state index in [0.717, 1.165) is 0 Å². The van der Waals surface area contributed by atoms with E-state index < -0.39 is 12.4 Å². The lowest BCUT2D eigenvalue weighted by Gasteiger charge is -2.16. The second kappa shape index (κ2) is 7.04. The SMILES string of the molecule is C[C@H](NC(=O)Nc1ccccc1)c1ccc(OC(F)(F)F)cc1. The van der Waals surface area contributed by atoms with Crippen LogP contribution in [-0.4, -0.2) is 12.4 Å². The predicted molar refractivity (Wildman–Crippen MR) is 80.1 cm³/mol. The van der Waals surface area contributed by atoms with Gasteiger partial charge >= 0.3 is 12.4 Å². The highest BCUT2D eigenvalue weighted by Gasteiger charge is 2.31. The highest BCUT2D eigenvalue weighted by atomic mass is 19.4. The minimum Gasteiger partial charge on any atom is -0.406 e. The summed E-state index contributed by atoms with van der Waals surface area (Å²) >= 11 is 0. The van der Waals surface area contributed by atoms with Gasteiger partial charge in [-0.15, -0.1) is 13.2 Å². The topological polar surface area (TPSA) is 50.4 Å². The Morgan fingerprint density at radius 2 is 1.65 bits per heavy atom. The van der Waals surface area contributed by atoms with Crippen LogP contribution in [0.3, 0.4) is 0 Å². The number of rotatable bonds is 4. The van der Waals surface area contributed by atoms with Crippen LogP contribution >= 0.6 is 0 Å². The smallest absolute Gasteiger partial charge is 0.406 e. The molecule has 2 N–H and O–H groups in total. The Morgan fingerprint density at radius 1 is 1.04 bits per heavy atom. The first-order valence-corrected chi connectivity index (χ1v) is 6.82. The molecule has 122 valence electrons. The van der Waals surface area contributed by atoms with Gasteiger partial charge in [0.05, 0.1) is 6.04 Å². The molecule has 23 heavy (non-hydrogen) atoms. The Kier molecular flexibility index (Phi) is 5.10. The fourth-order valence-electron chi connectivity index (χ4n) is 1.93. The fourth-order valence-corrected chi connectivity index (χ4v) is 1.93. The molecule has 0 aromatic heterocycles. The molecule has 2 aromatic rings. The van der Waals surface area contributed by atoms with Gasteiger partial charge in [0.2, 0.25) is 0 Å². The van der Waals surface area contributed by atoms with Gasteiger partial charge in [-0.25, -0.2) is 4.79 Å². The number of para-hydroxylation sites is 1. The zero-order chi connectivity index (χ0) is 16.9. The van der Waals surface area contributed by atoms with Gasteiger partial charge in [-0.3, -0.25) is 0 Å². The van der Waals surface area contributed by atoms with Gasteiger partial charge in [-0.05, 0) is 36.8 Å². The van der Waals surface area contributed by atoms with Crippen molar-refractivity contribution in [2.75, 3.05) is 5.32 Å². The van der Waals surface area contributed by atoms with Crippen molar-refractivity contribution in [1.82, 2.24) is 5.32 Å². The van der Waals surface area contributed by atoms with Crippen molar-refractivity contribution in [2.45, 2.75) is 19.3 Å². The minimum atomic E-state index is -4.72. The maximum absolute atomic E-state index is 12.1. The molecule has 0 aliphatic heterocycles. The van der Waals surface area contributed by atoms with E-state index in [1.54, 1.807) is 31.2 Å². The first-order chi connectivity index (χ1) is 10.8. The van der Waals surface area contributed by atoms with Gasteiger partial charge in [0, 0.05) is 5.69 Å². The highest BCUT2D eigenvalue weighted by Crippen LogP contribution is 2.24. The molecule has 0 saturated carbocycles. The number of carbonyl (C=O) groups excluding carboxylic acids is 1. The molecule has 0 heterocycles. The number of anilines is 1. The first kappa shape index (κ1) is 16.7. The number of hydrogen-bond donors (Lipinski definition) is 2. The molecule has 0 aliphatic carbocycles. The summed E-state index contributed by atoms with van der Waals surface area (Å²) < 4.78 is 40.1. The molecule has 2 aromatic carbocycles. The normalized spacial score (nSPS) is 12.3. The molecule has 0 unspecified atom stereocenters. The van der Waals surface area contributed by atoms with Crippen molar-refractivity contribution in [3.8, 4) is 5.75 Å². The van der Waals surface area contributed by atoms with E-state index in [9.17, 15) is 18.0 Å². The standard InChI is InChI=1S/C16H15F3N2O2/c1-11(20-15(22)21-13-5-3-2-4-6-13)12-7-9-14(10-8-12)23-16(17,18)19/h2-11H,1H3,(H2,20,21,22)/t11-/m0/s1. The van der Waals surface area contributed by atoms with Crippen LogP contribution in [-0.2, 0) is 0 Å². The average Bonchev–Trinajstić information content (AvgIpc) is 2.47. The molecule has 0 spiro atoms. The van der Waals surface area contributed by atoms with Crippen LogP contribution in [0.25, 0.3) is 0 Å². The molecular weight excluding hydrogens is 309 g/mol. The van der Waals surface area contributed by atoms with E-state index >= 15 is 0 Å². The van der Waals surface area contributed by atoms with E-state index in [1.807, 2.05) is 6.07 Å². The molecule has 0 saturated heterocycles. The van der Waals surface area contributed by atoms with Crippen molar-refractivity contribution >= 4 is 11.7 Å². The van der Waals surface area contributed by atoms with E-state index in [1.165, 1.54) is 24.3 Å². The quantitative estimate of drug-likeness (QED) is 0.872. The molecule has 0 fully saturated rings. The lowest BCUT2D eigenvalue weighted by atomic mass is 10.1. The third-order valence-electron chi connectivity index (χ3n) is 2.99. The number of carbonyl (C=O) groups is 1. The second-order valence-corrected chi connectivity index (χ2v) is 4.80. The number of urea groups is 1. The molecule has 7 heteroatoms. The van der Waals surface area contributed by atoms with Crippen LogP contribution in [0.2, 0.25) is 0 Å². The summed E-state index contributed by atoms with van der Waals surface area (Å²) in [5.41, 5.74) is 1.30. The monoisotopic (exact) mass is 324 g/mol. The maximum atomic E-state index is 12.1. The summed E-state index contributed by atoms with van der Waals surface area (Å²) in [7, 11) is 0. The summed E-state index contributed by atoms with van der Waals surface area (Å²) in [6.07, 6.45) is -4.72. The third kappa shape index (κ3) is 5.54. The number of halogens is 3. The summed E-state index contributed by atoms with van der Waals surface area (Å²) in [6.45, 7) is 1.73. The molecule has 0 radical (unpaired) electrons. The van der Waals surface area contributed by atoms with Gasteiger partial charge in [0.1, 0.15) is 5.75 Å². The zero-order valence-electron chi connectivity index (χ0n) is 12.2. The van der Waals surface area contributed by atoms with Crippen molar-refractivity contribution in [1.29, 1.82) is 0 Å². The second-order valence-electron chi connectivity index (χ2n) is 4.80. The third-order valence-corrected chi connectivity index (χ3v) is 2.99. The number of alkyl halides is 3. The number of benzene rings is 2. The van der Waals surface area contributed by atoms with Gasteiger partial charge in [-0.1, -0.05) is 30.3 Å². The summed E-state index contributed by atoms with van der Waals surface area (Å²) in [5, 5.41) is 5.36. The van der Waals surface area contributed by atoms with E-state index in [2.05, 4.69) is 15.4 Å². The zero-order valence-corrected chi connectivity index (χ0v) is 12.2. The van der Waals surface area contributed by atoms with Gasteiger partial charge < -0.3 is 15.4 Å². The molecule has 2 amide bonds. The van der Waals surface area contributed by atoms with E-state index in [4.69, 9.17) is 0 Å². The summed E-state index contributed by atoms with van der Waals surface area (Å²) in [4.78, 5) is 11.9.